The van der Waals surface area contributed by atoms with Gasteiger partial charge in [-0.3, -0.25) is 4.57 Å². The molecule has 0 aliphatic carbocycles. The van der Waals surface area contributed by atoms with Gasteiger partial charge in [0.2, 0.25) is 0 Å². The van der Waals surface area contributed by atoms with Crippen LogP contribution in [0.5, 0.6) is 0 Å². The number of aromatic nitrogens is 2. The van der Waals surface area contributed by atoms with Crippen LogP contribution in [-0.4, -0.2) is 23.0 Å². The smallest absolute Gasteiger partial charge is 0.192 e. The molecule has 0 radical (unpaired) electrons. The molecule has 0 aliphatic heterocycles. The van der Waals surface area contributed by atoms with Crippen LogP contribution in [0.3, 0.4) is 0 Å². The summed E-state index contributed by atoms with van der Waals surface area (Å²) in [5.74, 6) is 0.930. The van der Waals surface area contributed by atoms with Gasteiger partial charge in [-0.05, 0) is 43.6 Å². The number of aliphatic hydroxyl groups is 1. The van der Waals surface area contributed by atoms with Gasteiger partial charge in [-0.1, -0.05) is 57.8 Å². The SMILES string of the molecule is CCCCc1nc(CO[Si](C)(C)C(C)(C)C)c(C(C)O)n1-c1ccccc1Cl. The average molecular weight is 423 g/mol. The Bertz CT molecular complexity index is 794. The Kier molecular flexibility index (Phi) is 7.54. The summed E-state index contributed by atoms with van der Waals surface area (Å²) in [5, 5.41) is 11.4. The molecule has 1 unspecified atom stereocenters. The molecular formula is C22H35ClN2O2Si. The van der Waals surface area contributed by atoms with E-state index < -0.39 is 14.4 Å². The number of aliphatic hydroxyl groups excluding tert-OH is 1. The Morgan fingerprint density at radius 2 is 1.89 bits per heavy atom. The van der Waals surface area contributed by atoms with Crippen LogP contribution >= 0.6 is 11.6 Å². The second-order valence-corrected chi connectivity index (χ2v) is 14.2. The molecule has 1 aromatic carbocycles. The van der Waals surface area contributed by atoms with Crippen molar-refractivity contribution in [3.63, 3.8) is 0 Å². The van der Waals surface area contributed by atoms with Crippen molar-refractivity contribution in [2.75, 3.05) is 0 Å². The van der Waals surface area contributed by atoms with Crippen LogP contribution in [0.25, 0.3) is 5.69 Å². The summed E-state index contributed by atoms with van der Waals surface area (Å²) < 4.78 is 8.46. The predicted octanol–water partition coefficient (Wildman–Crippen LogP) is 6.44. The molecule has 2 rings (SSSR count). The predicted molar refractivity (Wildman–Crippen MR) is 120 cm³/mol. The van der Waals surface area contributed by atoms with Crippen LogP contribution in [0.1, 0.15) is 70.8 Å². The quantitative estimate of drug-likeness (QED) is 0.497. The van der Waals surface area contributed by atoms with Crippen LogP contribution in [0.15, 0.2) is 24.3 Å². The van der Waals surface area contributed by atoms with Gasteiger partial charge in [-0.25, -0.2) is 4.98 Å². The van der Waals surface area contributed by atoms with Crippen molar-refractivity contribution in [3.05, 3.63) is 46.5 Å². The van der Waals surface area contributed by atoms with Crippen LogP contribution in [0.4, 0.5) is 0 Å². The number of para-hydroxylation sites is 1. The van der Waals surface area contributed by atoms with Crippen molar-refractivity contribution in [1.29, 1.82) is 0 Å². The second kappa shape index (κ2) is 9.12. The molecule has 4 nitrogen and oxygen atoms in total. The number of unbranched alkanes of at least 4 members (excludes halogenated alkanes) is 1. The first kappa shape index (κ1) is 23.1. The van der Waals surface area contributed by atoms with E-state index in [1.165, 1.54) is 0 Å². The third kappa shape index (κ3) is 5.06. The highest BCUT2D eigenvalue weighted by Gasteiger charge is 2.37. The lowest BCUT2D eigenvalue weighted by molar-refractivity contribution is 0.186. The van der Waals surface area contributed by atoms with E-state index >= 15 is 0 Å². The maximum atomic E-state index is 10.6. The monoisotopic (exact) mass is 422 g/mol. The summed E-state index contributed by atoms with van der Waals surface area (Å²) in [6.45, 7) is 15.5. The van der Waals surface area contributed by atoms with E-state index in [1.807, 2.05) is 28.8 Å². The fourth-order valence-electron chi connectivity index (χ4n) is 2.94. The standard InChI is InChI=1S/C22H35ClN2O2Si/c1-8-9-14-20-24-18(15-27-28(6,7)22(3,4)5)21(16(2)26)25(20)19-13-11-10-12-17(19)23/h10-13,16,26H,8-9,14-15H2,1-7H3. The van der Waals surface area contributed by atoms with Crippen molar-refractivity contribution in [2.24, 2.45) is 0 Å². The topological polar surface area (TPSA) is 47.3 Å². The van der Waals surface area contributed by atoms with Gasteiger partial charge in [0.05, 0.1) is 34.8 Å². The highest BCUT2D eigenvalue weighted by atomic mass is 35.5. The lowest BCUT2D eigenvalue weighted by Crippen LogP contribution is -2.40. The molecule has 1 heterocycles. The van der Waals surface area contributed by atoms with E-state index in [0.717, 1.165) is 42.2 Å². The van der Waals surface area contributed by atoms with E-state index in [0.29, 0.717) is 11.6 Å². The minimum absolute atomic E-state index is 0.119. The lowest BCUT2D eigenvalue weighted by atomic mass is 10.2. The first-order valence-corrected chi connectivity index (χ1v) is 13.5. The van der Waals surface area contributed by atoms with Crippen molar-refractivity contribution in [3.8, 4) is 5.69 Å². The number of nitrogens with zero attached hydrogens (tertiary/aromatic N) is 2. The minimum atomic E-state index is -1.93. The van der Waals surface area contributed by atoms with Gasteiger partial charge in [0, 0.05) is 6.42 Å². The molecule has 6 heteroatoms. The van der Waals surface area contributed by atoms with Crippen LogP contribution in [0, 0.1) is 0 Å². The first-order valence-electron chi connectivity index (χ1n) is 10.2. The summed E-state index contributed by atoms with van der Waals surface area (Å²) in [7, 11) is -1.93. The van der Waals surface area contributed by atoms with Gasteiger partial charge in [-0.15, -0.1) is 0 Å². The molecule has 1 N–H and O–H groups in total. The Labute approximate surface area is 176 Å². The number of imidazole rings is 1. The largest absolute Gasteiger partial charge is 0.411 e. The number of aryl methyl sites for hydroxylation is 1. The Balaban J connectivity index is 2.53. The average Bonchev–Trinajstić information content (AvgIpc) is 2.96. The van der Waals surface area contributed by atoms with Crippen molar-refractivity contribution in [2.45, 2.75) is 84.7 Å². The van der Waals surface area contributed by atoms with E-state index in [-0.39, 0.29) is 5.04 Å². The third-order valence-corrected chi connectivity index (χ3v) is 10.5. The molecule has 28 heavy (non-hydrogen) atoms. The molecule has 1 atom stereocenters. The molecule has 0 amide bonds. The zero-order valence-corrected chi connectivity index (χ0v) is 20.1. The fourth-order valence-corrected chi connectivity index (χ4v) is 4.09. The summed E-state index contributed by atoms with van der Waals surface area (Å²) >= 11 is 6.51. The van der Waals surface area contributed by atoms with Crippen LogP contribution < -0.4 is 0 Å². The van der Waals surface area contributed by atoms with Crippen molar-refractivity contribution >= 4 is 19.9 Å². The summed E-state index contributed by atoms with van der Waals surface area (Å²) in [6.07, 6.45) is 2.28. The zero-order valence-electron chi connectivity index (χ0n) is 18.3. The highest BCUT2D eigenvalue weighted by molar-refractivity contribution is 6.74. The van der Waals surface area contributed by atoms with Crippen molar-refractivity contribution in [1.82, 2.24) is 9.55 Å². The second-order valence-electron chi connectivity index (χ2n) is 8.98. The third-order valence-electron chi connectivity index (χ3n) is 5.68. The van der Waals surface area contributed by atoms with E-state index in [9.17, 15) is 5.11 Å². The molecule has 0 bridgehead atoms. The van der Waals surface area contributed by atoms with Gasteiger partial charge in [0.25, 0.3) is 0 Å². The molecule has 0 fully saturated rings. The molecule has 0 spiro atoms. The maximum Gasteiger partial charge on any atom is 0.192 e. The Morgan fingerprint density at radius 1 is 1.25 bits per heavy atom. The molecule has 156 valence electrons. The number of hydrogen-bond donors (Lipinski definition) is 1. The van der Waals surface area contributed by atoms with Gasteiger partial charge in [0.1, 0.15) is 5.82 Å². The van der Waals surface area contributed by atoms with Gasteiger partial charge >= 0.3 is 0 Å². The zero-order chi connectivity index (χ0) is 21.1. The molecule has 0 saturated heterocycles. The van der Waals surface area contributed by atoms with Crippen LogP contribution in [0.2, 0.25) is 23.2 Å². The van der Waals surface area contributed by atoms with Gasteiger partial charge in [0.15, 0.2) is 8.32 Å². The van der Waals surface area contributed by atoms with E-state index in [2.05, 4.69) is 40.8 Å². The summed E-state index contributed by atoms with van der Waals surface area (Å²) in [5.41, 5.74) is 2.45. The fraction of sp³-hybridized carbons (Fsp3) is 0.591. The maximum absolute atomic E-state index is 10.6. The summed E-state index contributed by atoms with van der Waals surface area (Å²) in [4.78, 5) is 4.91. The number of rotatable bonds is 8. The Hall–Kier alpha value is -1.14. The van der Waals surface area contributed by atoms with E-state index in [4.69, 9.17) is 21.0 Å². The van der Waals surface area contributed by atoms with Gasteiger partial charge < -0.3 is 9.53 Å². The highest BCUT2D eigenvalue weighted by Crippen LogP contribution is 2.38. The van der Waals surface area contributed by atoms with Crippen molar-refractivity contribution < 1.29 is 9.53 Å². The molecule has 0 saturated carbocycles. The number of halogens is 1. The molecule has 1 aromatic heterocycles. The molecular weight excluding hydrogens is 388 g/mol. The lowest BCUT2D eigenvalue weighted by Gasteiger charge is -2.36. The number of benzene rings is 1. The Morgan fingerprint density at radius 3 is 2.43 bits per heavy atom. The van der Waals surface area contributed by atoms with Gasteiger partial charge in [-0.2, -0.15) is 0 Å². The van der Waals surface area contributed by atoms with E-state index in [1.54, 1.807) is 6.92 Å². The summed E-state index contributed by atoms with van der Waals surface area (Å²) in [6, 6.07) is 7.72. The number of hydrogen-bond acceptors (Lipinski definition) is 3. The first-order chi connectivity index (χ1) is 13.0. The minimum Gasteiger partial charge on any atom is -0.411 e. The molecule has 2 aromatic rings. The molecule has 0 aliphatic rings. The normalized spacial score (nSPS) is 13.8. The van der Waals surface area contributed by atoms with Crippen LogP contribution in [-0.2, 0) is 17.5 Å².